The molecular formula is C18H28N4O2. The summed E-state index contributed by atoms with van der Waals surface area (Å²) in [6, 6.07) is 0. The molecule has 1 N–H and O–H groups in total. The second-order valence-electron chi connectivity index (χ2n) is 7.62. The molecule has 0 bridgehead atoms. The molecule has 3 fully saturated rings. The Balaban J connectivity index is 1.31. The highest BCUT2D eigenvalue weighted by Gasteiger charge is 2.38. The minimum Gasteiger partial charge on any atom is -0.378 e. The maximum absolute atomic E-state index is 13.0. The molecule has 3 heterocycles. The van der Waals surface area contributed by atoms with E-state index in [1.54, 1.807) is 0 Å². The van der Waals surface area contributed by atoms with Crippen LogP contribution in [0.3, 0.4) is 0 Å². The zero-order chi connectivity index (χ0) is 16.5. The van der Waals surface area contributed by atoms with Crippen LogP contribution < -0.4 is 5.32 Å². The van der Waals surface area contributed by atoms with Gasteiger partial charge in [-0.1, -0.05) is 0 Å². The van der Waals surface area contributed by atoms with Crippen LogP contribution in [0, 0.1) is 11.8 Å². The average Bonchev–Trinajstić information content (AvgIpc) is 3.12. The Labute approximate surface area is 143 Å². The molecule has 1 aromatic heterocycles. The van der Waals surface area contributed by atoms with Crippen molar-refractivity contribution in [3.8, 4) is 0 Å². The minimum absolute atomic E-state index is 0.0399. The summed E-state index contributed by atoms with van der Waals surface area (Å²) in [5, 5.41) is 7.65. The molecule has 6 nitrogen and oxygen atoms in total. The first kappa shape index (κ1) is 16.1. The number of nitrogens with one attached hydrogen (secondary N) is 1. The van der Waals surface area contributed by atoms with Crippen molar-refractivity contribution in [3.63, 3.8) is 0 Å². The van der Waals surface area contributed by atoms with Crippen LogP contribution in [0.5, 0.6) is 0 Å². The Hall–Kier alpha value is -1.40. The topological polar surface area (TPSA) is 59.4 Å². The van der Waals surface area contributed by atoms with Gasteiger partial charge in [-0.25, -0.2) is 0 Å². The molecule has 1 amide bonds. The van der Waals surface area contributed by atoms with E-state index in [0.717, 1.165) is 51.5 Å². The molecule has 0 unspecified atom stereocenters. The molecule has 4 rings (SSSR count). The van der Waals surface area contributed by atoms with Gasteiger partial charge >= 0.3 is 0 Å². The second-order valence-corrected chi connectivity index (χ2v) is 7.62. The molecule has 1 aliphatic carbocycles. The number of amides is 1. The van der Waals surface area contributed by atoms with E-state index in [-0.39, 0.29) is 11.8 Å². The number of nitrogens with zero attached hydrogens (tertiary/aromatic N) is 3. The van der Waals surface area contributed by atoms with Crippen LogP contribution >= 0.6 is 0 Å². The number of carbonyl (C=O) groups excluding carboxylic acids is 1. The normalized spacial score (nSPS) is 28.5. The molecule has 0 spiro atoms. The van der Waals surface area contributed by atoms with Gasteiger partial charge in [-0.15, -0.1) is 0 Å². The molecule has 2 atom stereocenters. The van der Waals surface area contributed by atoms with Crippen LogP contribution in [-0.2, 0) is 16.6 Å². The number of hydrogen-bond donors (Lipinski definition) is 1. The number of aromatic nitrogens is 2. The van der Waals surface area contributed by atoms with Crippen LogP contribution in [0.25, 0.3) is 0 Å². The lowest BCUT2D eigenvalue weighted by Crippen LogP contribution is -2.45. The first-order valence-corrected chi connectivity index (χ1v) is 9.30. The third-order valence-corrected chi connectivity index (χ3v) is 5.70. The van der Waals surface area contributed by atoms with Crippen LogP contribution in [-0.4, -0.2) is 59.5 Å². The average molecular weight is 332 g/mol. The fourth-order valence-electron chi connectivity index (χ4n) is 3.95. The Kier molecular flexibility index (Phi) is 4.59. The van der Waals surface area contributed by atoms with Crippen LogP contribution in [0.4, 0.5) is 0 Å². The van der Waals surface area contributed by atoms with Crippen molar-refractivity contribution in [3.05, 3.63) is 18.0 Å². The maximum Gasteiger partial charge on any atom is 0.227 e. The summed E-state index contributed by atoms with van der Waals surface area (Å²) in [6.07, 6.45) is 8.92. The molecule has 0 radical (unpaired) electrons. The van der Waals surface area contributed by atoms with Crippen molar-refractivity contribution in [2.24, 2.45) is 18.9 Å². The van der Waals surface area contributed by atoms with E-state index in [9.17, 15) is 4.79 Å². The van der Waals surface area contributed by atoms with Gasteiger partial charge in [0.15, 0.2) is 0 Å². The third kappa shape index (κ3) is 3.49. The molecule has 132 valence electrons. The number of carbonyl (C=O) groups is 1. The third-order valence-electron chi connectivity index (χ3n) is 5.70. The van der Waals surface area contributed by atoms with E-state index in [1.165, 1.54) is 18.4 Å². The van der Waals surface area contributed by atoms with Gasteiger partial charge < -0.3 is 15.0 Å². The summed E-state index contributed by atoms with van der Waals surface area (Å²) >= 11 is 0. The summed E-state index contributed by atoms with van der Waals surface area (Å²) in [7, 11) is 1.93. The fourth-order valence-corrected chi connectivity index (χ4v) is 3.95. The van der Waals surface area contributed by atoms with Crippen molar-refractivity contribution in [1.82, 2.24) is 20.0 Å². The first-order valence-electron chi connectivity index (χ1n) is 9.30. The SMILES string of the molecule is Cn1cc([C@H]2CNC[C@@H]2C(=O)N2CCC(OCC3CC3)CC2)cn1. The molecule has 24 heavy (non-hydrogen) atoms. The monoisotopic (exact) mass is 332 g/mol. The number of aryl methyl sites for hydroxylation is 1. The molecule has 2 saturated heterocycles. The van der Waals surface area contributed by atoms with Crippen molar-refractivity contribution in [2.75, 3.05) is 32.8 Å². The first-order chi connectivity index (χ1) is 11.7. The van der Waals surface area contributed by atoms with E-state index >= 15 is 0 Å². The molecule has 2 aliphatic heterocycles. The maximum atomic E-state index is 13.0. The van der Waals surface area contributed by atoms with E-state index in [2.05, 4.69) is 15.3 Å². The number of hydrogen-bond acceptors (Lipinski definition) is 4. The lowest BCUT2D eigenvalue weighted by atomic mass is 9.89. The van der Waals surface area contributed by atoms with Crippen LogP contribution in [0.2, 0.25) is 0 Å². The summed E-state index contributed by atoms with van der Waals surface area (Å²) in [6.45, 7) is 4.24. The lowest BCUT2D eigenvalue weighted by molar-refractivity contribution is -0.138. The smallest absolute Gasteiger partial charge is 0.227 e. The fraction of sp³-hybridized carbons (Fsp3) is 0.778. The van der Waals surface area contributed by atoms with E-state index in [4.69, 9.17) is 4.74 Å². The van der Waals surface area contributed by atoms with Crippen molar-refractivity contribution < 1.29 is 9.53 Å². The summed E-state index contributed by atoms with van der Waals surface area (Å²) in [5.74, 6) is 1.40. The van der Waals surface area contributed by atoms with E-state index < -0.39 is 0 Å². The molecule has 0 aromatic carbocycles. The van der Waals surface area contributed by atoms with Crippen molar-refractivity contribution in [2.45, 2.75) is 37.7 Å². The van der Waals surface area contributed by atoms with Gasteiger partial charge in [-0.05, 0) is 37.2 Å². The molecular weight excluding hydrogens is 304 g/mol. The highest BCUT2D eigenvalue weighted by molar-refractivity contribution is 5.80. The van der Waals surface area contributed by atoms with Gasteiger partial charge in [0.2, 0.25) is 5.91 Å². The van der Waals surface area contributed by atoms with Gasteiger partial charge in [0.25, 0.3) is 0 Å². The molecule has 3 aliphatic rings. The summed E-state index contributed by atoms with van der Waals surface area (Å²) in [5.41, 5.74) is 1.17. The van der Waals surface area contributed by atoms with Crippen LogP contribution in [0.1, 0.15) is 37.2 Å². The van der Waals surface area contributed by atoms with Crippen molar-refractivity contribution >= 4 is 5.91 Å². The number of piperidine rings is 1. The van der Waals surface area contributed by atoms with Crippen molar-refractivity contribution in [1.29, 1.82) is 0 Å². The van der Waals surface area contributed by atoms with E-state index in [1.807, 2.05) is 24.1 Å². The predicted molar refractivity (Wildman–Crippen MR) is 90.6 cm³/mol. The van der Waals surface area contributed by atoms with E-state index in [0.29, 0.717) is 12.0 Å². The molecule has 6 heteroatoms. The predicted octanol–water partition coefficient (Wildman–Crippen LogP) is 1.14. The second kappa shape index (κ2) is 6.84. The highest BCUT2D eigenvalue weighted by Crippen LogP contribution is 2.32. The highest BCUT2D eigenvalue weighted by atomic mass is 16.5. The quantitative estimate of drug-likeness (QED) is 0.878. The minimum atomic E-state index is 0.0399. The summed E-state index contributed by atoms with van der Waals surface area (Å²) < 4.78 is 7.81. The van der Waals surface area contributed by atoms with Crippen LogP contribution in [0.15, 0.2) is 12.4 Å². The van der Waals surface area contributed by atoms with Gasteiger partial charge in [0.05, 0.1) is 18.2 Å². The Bertz CT molecular complexity index is 575. The Morgan fingerprint density at radius 2 is 2.08 bits per heavy atom. The number of rotatable bonds is 5. The lowest BCUT2D eigenvalue weighted by Gasteiger charge is -2.34. The Morgan fingerprint density at radius 1 is 1.29 bits per heavy atom. The standard InChI is InChI=1S/C18H28N4O2/c1-21-11-14(8-20-21)16-9-19-10-17(16)18(23)22-6-4-15(5-7-22)24-12-13-2-3-13/h8,11,13,15-17,19H,2-7,9-10,12H2,1H3/t16-,17+/m1/s1. The van der Waals surface area contributed by atoms with Gasteiger partial charge in [-0.2, -0.15) is 5.10 Å². The largest absolute Gasteiger partial charge is 0.378 e. The zero-order valence-electron chi connectivity index (χ0n) is 14.5. The molecule has 1 saturated carbocycles. The Morgan fingerprint density at radius 3 is 2.75 bits per heavy atom. The van der Waals surface area contributed by atoms with Gasteiger partial charge in [0.1, 0.15) is 0 Å². The summed E-state index contributed by atoms with van der Waals surface area (Å²) in [4.78, 5) is 15.0. The zero-order valence-corrected chi connectivity index (χ0v) is 14.5. The van der Waals surface area contributed by atoms with Gasteiger partial charge in [-0.3, -0.25) is 9.48 Å². The van der Waals surface area contributed by atoms with Gasteiger partial charge in [0, 0.05) is 51.9 Å². The molecule has 1 aromatic rings. The number of ether oxygens (including phenoxy) is 1. The number of likely N-dealkylation sites (tertiary alicyclic amines) is 1.